The highest BCUT2D eigenvalue weighted by molar-refractivity contribution is 9.10. The molecule has 3 rings (SSSR count). The van der Waals surface area contributed by atoms with Crippen LogP contribution in [-0.4, -0.2) is 17.9 Å². The van der Waals surface area contributed by atoms with Crippen LogP contribution in [0, 0.1) is 0 Å². The van der Waals surface area contributed by atoms with Crippen LogP contribution in [-0.2, 0) is 0 Å². The van der Waals surface area contributed by atoms with E-state index in [2.05, 4.69) is 15.9 Å². The zero-order valence-corrected chi connectivity index (χ0v) is 14.9. The predicted octanol–water partition coefficient (Wildman–Crippen LogP) is 4.39. The van der Waals surface area contributed by atoms with Gasteiger partial charge in [-0.3, -0.25) is 9.59 Å². The van der Waals surface area contributed by atoms with Crippen LogP contribution in [0.1, 0.15) is 28.9 Å². The molecule has 24 heavy (non-hydrogen) atoms. The quantitative estimate of drug-likeness (QED) is 0.671. The van der Waals surface area contributed by atoms with Gasteiger partial charge in [0.05, 0.1) is 17.7 Å². The Labute approximate surface area is 147 Å². The number of fused-ring (bicyclic) bond motifs is 1. The number of halogens is 1. The van der Waals surface area contributed by atoms with Gasteiger partial charge in [-0.1, -0.05) is 28.1 Å². The molecular weight excluding hydrogens is 370 g/mol. The topological polar surface area (TPSA) is 50.5 Å². The molecule has 5 heteroatoms. The first kappa shape index (κ1) is 16.5. The Hall–Kier alpha value is -2.40. The molecule has 4 nitrogen and oxygen atoms in total. The van der Waals surface area contributed by atoms with Crippen LogP contribution in [0.25, 0.3) is 11.0 Å². The first-order valence-electron chi connectivity index (χ1n) is 7.51. The maximum absolute atomic E-state index is 12.8. The summed E-state index contributed by atoms with van der Waals surface area (Å²) in [6.07, 6.45) is 1.34. The maximum atomic E-state index is 12.8. The minimum Gasteiger partial charge on any atom is -0.464 e. The fourth-order valence-electron chi connectivity index (χ4n) is 2.56. The normalized spacial score (nSPS) is 12.1. The molecule has 1 heterocycles. The van der Waals surface area contributed by atoms with E-state index in [0.29, 0.717) is 16.5 Å². The van der Waals surface area contributed by atoms with Crippen molar-refractivity contribution in [1.29, 1.82) is 0 Å². The van der Waals surface area contributed by atoms with Gasteiger partial charge in [-0.25, -0.2) is 0 Å². The molecule has 1 amide bonds. The standard InChI is InChI=1S/C19H16BrNO3/c1-12(13-3-6-15(20)7-4-13)21(2)19(23)14-5-8-16-17(22)9-10-24-18(16)11-14/h3-12H,1-2H3. The summed E-state index contributed by atoms with van der Waals surface area (Å²) in [5.41, 5.74) is 1.83. The molecule has 0 radical (unpaired) electrons. The Morgan fingerprint density at radius 2 is 1.83 bits per heavy atom. The molecule has 0 spiro atoms. The summed E-state index contributed by atoms with van der Waals surface area (Å²) in [7, 11) is 1.76. The van der Waals surface area contributed by atoms with E-state index in [1.807, 2.05) is 31.2 Å². The average molecular weight is 386 g/mol. The smallest absolute Gasteiger partial charge is 0.254 e. The monoisotopic (exact) mass is 385 g/mol. The average Bonchev–Trinajstić information content (AvgIpc) is 2.60. The Balaban J connectivity index is 1.90. The molecule has 1 atom stereocenters. The van der Waals surface area contributed by atoms with Crippen molar-refractivity contribution in [3.05, 3.63) is 80.6 Å². The van der Waals surface area contributed by atoms with E-state index >= 15 is 0 Å². The van der Waals surface area contributed by atoms with Crippen molar-refractivity contribution in [2.24, 2.45) is 0 Å². The molecule has 0 aliphatic heterocycles. The predicted molar refractivity (Wildman–Crippen MR) is 97.1 cm³/mol. The number of rotatable bonds is 3. The third-order valence-electron chi connectivity index (χ3n) is 4.16. The molecule has 0 bridgehead atoms. The van der Waals surface area contributed by atoms with Gasteiger partial charge in [-0.15, -0.1) is 0 Å². The van der Waals surface area contributed by atoms with Crippen LogP contribution in [0.3, 0.4) is 0 Å². The van der Waals surface area contributed by atoms with E-state index in [-0.39, 0.29) is 17.4 Å². The first-order valence-corrected chi connectivity index (χ1v) is 8.31. The van der Waals surface area contributed by atoms with Crippen molar-refractivity contribution in [2.75, 3.05) is 7.05 Å². The highest BCUT2D eigenvalue weighted by Gasteiger charge is 2.19. The lowest BCUT2D eigenvalue weighted by molar-refractivity contribution is 0.0742. The fourth-order valence-corrected chi connectivity index (χ4v) is 2.82. The third kappa shape index (κ3) is 3.12. The van der Waals surface area contributed by atoms with E-state index in [1.165, 1.54) is 12.3 Å². The van der Waals surface area contributed by atoms with Gasteiger partial charge in [0.2, 0.25) is 0 Å². The molecular formula is C19H16BrNO3. The number of nitrogens with zero attached hydrogens (tertiary/aromatic N) is 1. The second-order valence-electron chi connectivity index (χ2n) is 5.64. The summed E-state index contributed by atoms with van der Waals surface area (Å²) in [6.45, 7) is 1.97. The lowest BCUT2D eigenvalue weighted by Gasteiger charge is -2.25. The second kappa shape index (κ2) is 6.61. The van der Waals surface area contributed by atoms with Gasteiger partial charge in [0.15, 0.2) is 5.43 Å². The van der Waals surface area contributed by atoms with Crippen LogP contribution >= 0.6 is 15.9 Å². The third-order valence-corrected chi connectivity index (χ3v) is 4.69. The molecule has 3 aromatic rings. The Morgan fingerprint density at radius 3 is 2.54 bits per heavy atom. The first-order chi connectivity index (χ1) is 11.5. The van der Waals surface area contributed by atoms with Crippen LogP contribution in [0.15, 0.2) is 68.5 Å². The van der Waals surface area contributed by atoms with Gasteiger partial charge in [0.1, 0.15) is 5.58 Å². The summed E-state index contributed by atoms with van der Waals surface area (Å²) in [5, 5.41) is 0.470. The van der Waals surface area contributed by atoms with Crippen LogP contribution < -0.4 is 5.43 Å². The van der Waals surface area contributed by atoms with Gasteiger partial charge in [-0.2, -0.15) is 0 Å². The summed E-state index contributed by atoms with van der Waals surface area (Å²) in [5.74, 6) is -0.126. The van der Waals surface area contributed by atoms with Gasteiger partial charge in [0.25, 0.3) is 5.91 Å². The number of hydrogen-bond donors (Lipinski definition) is 0. The Morgan fingerprint density at radius 1 is 1.12 bits per heavy atom. The molecule has 0 N–H and O–H groups in total. The van der Waals surface area contributed by atoms with E-state index in [4.69, 9.17) is 4.42 Å². The number of benzene rings is 2. The van der Waals surface area contributed by atoms with E-state index in [1.54, 1.807) is 30.1 Å². The highest BCUT2D eigenvalue weighted by Crippen LogP contribution is 2.23. The molecule has 1 aromatic heterocycles. The van der Waals surface area contributed by atoms with Crippen LogP contribution in [0.5, 0.6) is 0 Å². The summed E-state index contributed by atoms with van der Waals surface area (Å²) in [6, 6.07) is 14.1. The molecule has 0 fully saturated rings. The number of carbonyl (C=O) groups is 1. The fraction of sp³-hybridized carbons (Fsp3) is 0.158. The minimum absolute atomic E-state index is 0.0796. The zero-order valence-electron chi connectivity index (χ0n) is 13.3. The molecule has 2 aromatic carbocycles. The minimum atomic E-state index is -0.126. The molecule has 122 valence electrons. The van der Waals surface area contributed by atoms with Crippen molar-refractivity contribution in [3.63, 3.8) is 0 Å². The van der Waals surface area contributed by atoms with E-state index < -0.39 is 0 Å². The molecule has 0 aliphatic rings. The molecule has 1 unspecified atom stereocenters. The van der Waals surface area contributed by atoms with Crippen LogP contribution in [0.2, 0.25) is 0 Å². The second-order valence-corrected chi connectivity index (χ2v) is 6.56. The van der Waals surface area contributed by atoms with Crippen LogP contribution in [0.4, 0.5) is 0 Å². The summed E-state index contributed by atoms with van der Waals surface area (Å²) < 4.78 is 6.34. The number of hydrogen-bond acceptors (Lipinski definition) is 3. The molecule has 0 aliphatic carbocycles. The molecule has 0 saturated carbocycles. The van der Waals surface area contributed by atoms with Crippen molar-refractivity contribution >= 4 is 32.8 Å². The summed E-state index contributed by atoms with van der Waals surface area (Å²) in [4.78, 5) is 26.2. The van der Waals surface area contributed by atoms with Crippen molar-refractivity contribution in [2.45, 2.75) is 13.0 Å². The lowest BCUT2D eigenvalue weighted by Crippen LogP contribution is -2.29. The van der Waals surface area contributed by atoms with E-state index in [9.17, 15) is 9.59 Å². The number of carbonyl (C=O) groups excluding carboxylic acids is 1. The largest absolute Gasteiger partial charge is 0.464 e. The lowest BCUT2D eigenvalue weighted by atomic mass is 10.1. The Bertz CT molecular complexity index is 947. The summed E-state index contributed by atoms with van der Waals surface area (Å²) >= 11 is 3.41. The van der Waals surface area contributed by atoms with Crippen molar-refractivity contribution in [3.8, 4) is 0 Å². The van der Waals surface area contributed by atoms with Gasteiger partial charge >= 0.3 is 0 Å². The van der Waals surface area contributed by atoms with E-state index in [0.717, 1.165) is 10.0 Å². The SMILES string of the molecule is CC(c1ccc(Br)cc1)N(C)C(=O)c1ccc2c(=O)ccoc2c1. The van der Waals surface area contributed by atoms with Gasteiger partial charge in [-0.05, 0) is 42.8 Å². The van der Waals surface area contributed by atoms with Gasteiger partial charge in [0, 0.05) is 23.2 Å². The van der Waals surface area contributed by atoms with Crippen molar-refractivity contribution in [1.82, 2.24) is 4.90 Å². The Kier molecular flexibility index (Phi) is 4.53. The molecule has 0 saturated heterocycles. The highest BCUT2D eigenvalue weighted by atomic mass is 79.9. The van der Waals surface area contributed by atoms with Crippen molar-refractivity contribution < 1.29 is 9.21 Å². The zero-order chi connectivity index (χ0) is 17.3. The maximum Gasteiger partial charge on any atom is 0.254 e. The number of amides is 1. The van der Waals surface area contributed by atoms with Gasteiger partial charge < -0.3 is 9.32 Å².